The van der Waals surface area contributed by atoms with E-state index in [1.54, 1.807) is 31.6 Å². The fraction of sp³-hybridized carbons (Fsp3) is 0.208. The van der Waals surface area contributed by atoms with Crippen LogP contribution in [-0.4, -0.2) is 20.9 Å². The first kappa shape index (κ1) is 21.2. The molecular formula is C24H19ClFN5O2. The van der Waals surface area contributed by atoms with Crippen LogP contribution in [0.25, 0.3) is 38.0 Å². The fourth-order valence-corrected chi connectivity index (χ4v) is 4.17. The molecule has 1 fully saturated rings. The Morgan fingerprint density at radius 3 is 2.85 bits per heavy atom. The van der Waals surface area contributed by atoms with E-state index in [1.807, 2.05) is 6.07 Å². The first-order valence-corrected chi connectivity index (χ1v) is 10.7. The number of nitrogens with one attached hydrogen (secondary N) is 1. The van der Waals surface area contributed by atoms with Crippen LogP contribution in [0.4, 0.5) is 10.1 Å². The highest BCUT2D eigenvalue weighted by molar-refractivity contribution is 6.31. The molecule has 0 spiro atoms. The minimum atomic E-state index is -0.712. The minimum absolute atomic E-state index is 0.0131. The van der Waals surface area contributed by atoms with E-state index in [4.69, 9.17) is 28.6 Å². The van der Waals surface area contributed by atoms with E-state index in [9.17, 15) is 4.79 Å². The first-order chi connectivity index (χ1) is 15.9. The number of benzene rings is 2. The molecule has 0 unspecified atom stereocenters. The van der Waals surface area contributed by atoms with Crippen molar-refractivity contribution >= 4 is 28.1 Å². The summed E-state index contributed by atoms with van der Waals surface area (Å²) in [4.78, 5) is 18.5. The number of nitrogens with two attached hydrogens (primary N) is 1. The van der Waals surface area contributed by atoms with Crippen LogP contribution < -0.4 is 16.0 Å². The number of aryl methyl sites for hydroxylation is 1. The third-order valence-electron chi connectivity index (χ3n) is 5.78. The number of rotatable bonds is 5. The van der Waals surface area contributed by atoms with Crippen molar-refractivity contribution in [3.05, 3.63) is 74.8 Å². The number of aromatic nitrogens is 3. The topological polar surface area (TPSA) is 90.3 Å². The number of ether oxygens (including phenoxy) is 1. The molecule has 1 aliphatic rings. The van der Waals surface area contributed by atoms with Gasteiger partial charge < -0.3 is 15.5 Å². The highest BCUT2D eigenvalue weighted by Crippen LogP contribution is 2.47. The highest BCUT2D eigenvalue weighted by Gasteiger charge is 2.29. The Morgan fingerprint density at radius 1 is 1.36 bits per heavy atom. The molecule has 0 atom stereocenters. The molecule has 1 saturated carbocycles. The number of nitrogens with zero attached hydrogens (tertiary/aromatic N) is 3. The number of pyridine rings is 1. The van der Waals surface area contributed by atoms with Crippen LogP contribution in [0.1, 0.15) is 18.4 Å². The van der Waals surface area contributed by atoms with Crippen molar-refractivity contribution in [1.82, 2.24) is 14.8 Å². The fourth-order valence-electron chi connectivity index (χ4n) is 3.97. The molecular weight excluding hydrogens is 445 g/mol. The van der Waals surface area contributed by atoms with E-state index in [-0.39, 0.29) is 40.2 Å². The molecule has 0 bridgehead atoms. The molecule has 4 aromatic rings. The lowest BCUT2D eigenvalue weighted by Crippen LogP contribution is -2.09. The molecule has 2 heterocycles. The maximum atomic E-state index is 15.4. The Morgan fingerprint density at radius 2 is 2.15 bits per heavy atom. The summed E-state index contributed by atoms with van der Waals surface area (Å²) in [5.74, 6) is -0.452. The molecule has 5 rings (SSSR count). The lowest BCUT2D eigenvalue weighted by Gasteiger charge is -2.15. The zero-order chi connectivity index (χ0) is 23.3. The second-order valence-corrected chi connectivity index (χ2v) is 8.37. The molecule has 7 nitrogen and oxygen atoms in total. The molecule has 0 amide bonds. The summed E-state index contributed by atoms with van der Waals surface area (Å²) in [5, 5.41) is 5.40. The van der Waals surface area contributed by atoms with Crippen LogP contribution in [-0.2, 0) is 13.6 Å². The van der Waals surface area contributed by atoms with Crippen molar-refractivity contribution in [2.75, 3.05) is 0 Å². The molecule has 2 aromatic heterocycles. The second kappa shape index (κ2) is 8.03. The Bertz CT molecular complexity index is 1510. The number of fused-ring (bicyclic) bond motifs is 1. The van der Waals surface area contributed by atoms with Crippen LogP contribution in [0, 0.1) is 12.4 Å². The molecule has 9 heteroatoms. The standard InChI is InChI=1S/C24H19ClFN5O2/c1-28-22-19(33-14-4-5-14)8-18(25)21(26)20(22)23-17(11-30-31(23)2)12-3-6-15-16(7-12)13(9-27)10-29-24(15)32/h3,6-8,10-11,14H,4-5,9,27H2,2H3,(H,29,32). The average molecular weight is 464 g/mol. The number of hydrogen-bond acceptors (Lipinski definition) is 4. The number of H-pyrrole nitrogens is 1. The van der Waals surface area contributed by atoms with Gasteiger partial charge in [-0.1, -0.05) is 17.7 Å². The van der Waals surface area contributed by atoms with Gasteiger partial charge in [0, 0.05) is 36.3 Å². The maximum absolute atomic E-state index is 15.4. The molecule has 166 valence electrons. The second-order valence-electron chi connectivity index (χ2n) is 7.96. The monoisotopic (exact) mass is 463 g/mol. The van der Waals surface area contributed by atoms with Crippen molar-refractivity contribution in [2.45, 2.75) is 25.5 Å². The summed E-state index contributed by atoms with van der Waals surface area (Å²) in [5.41, 5.74) is 8.18. The van der Waals surface area contributed by atoms with E-state index in [2.05, 4.69) is 14.9 Å². The van der Waals surface area contributed by atoms with Crippen LogP contribution in [0.2, 0.25) is 5.02 Å². The van der Waals surface area contributed by atoms with Gasteiger partial charge in [0.2, 0.25) is 5.69 Å². The largest absolute Gasteiger partial charge is 0.501 e. The summed E-state index contributed by atoms with van der Waals surface area (Å²) < 4.78 is 22.8. The molecule has 0 saturated heterocycles. The lowest BCUT2D eigenvalue weighted by molar-refractivity contribution is 0.305. The lowest BCUT2D eigenvalue weighted by atomic mass is 9.96. The number of hydrogen-bond donors (Lipinski definition) is 2. The molecule has 0 radical (unpaired) electrons. The SMILES string of the molecule is [C-]#[N+]c1c(OC2CC2)cc(Cl)c(F)c1-c1c(-c2ccc3c(=O)[nH]cc(CN)c3c2)cnn1C. The van der Waals surface area contributed by atoms with Crippen LogP contribution in [0.3, 0.4) is 0 Å². The van der Waals surface area contributed by atoms with Gasteiger partial charge in [0.25, 0.3) is 5.56 Å². The van der Waals surface area contributed by atoms with E-state index >= 15 is 4.39 Å². The van der Waals surface area contributed by atoms with Crippen molar-refractivity contribution in [3.63, 3.8) is 0 Å². The van der Waals surface area contributed by atoms with Gasteiger partial charge >= 0.3 is 0 Å². The van der Waals surface area contributed by atoms with E-state index in [0.29, 0.717) is 27.6 Å². The van der Waals surface area contributed by atoms with Gasteiger partial charge in [0.15, 0.2) is 0 Å². The van der Waals surface area contributed by atoms with E-state index in [1.165, 1.54) is 10.7 Å². The predicted molar refractivity (Wildman–Crippen MR) is 125 cm³/mol. The summed E-state index contributed by atoms with van der Waals surface area (Å²) >= 11 is 6.21. The van der Waals surface area contributed by atoms with Crippen LogP contribution in [0.5, 0.6) is 5.75 Å². The van der Waals surface area contributed by atoms with Crippen molar-refractivity contribution in [1.29, 1.82) is 0 Å². The van der Waals surface area contributed by atoms with Crippen molar-refractivity contribution in [2.24, 2.45) is 12.8 Å². The first-order valence-electron chi connectivity index (χ1n) is 10.4. The van der Waals surface area contributed by atoms with Gasteiger partial charge in [0.1, 0.15) is 11.6 Å². The van der Waals surface area contributed by atoms with E-state index in [0.717, 1.165) is 18.4 Å². The summed E-state index contributed by atoms with van der Waals surface area (Å²) in [7, 11) is 1.67. The smallest absolute Gasteiger partial charge is 0.255 e. The summed E-state index contributed by atoms with van der Waals surface area (Å²) in [6.45, 7) is 7.98. The molecule has 0 aliphatic heterocycles. The van der Waals surface area contributed by atoms with E-state index < -0.39 is 5.82 Å². The normalized spacial score (nSPS) is 13.3. The Balaban J connectivity index is 1.76. The third-order valence-corrected chi connectivity index (χ3v) is 6.06. The highest BCUT2D eigenvalue weighted by atomic mass is 35.5. The van der Waals surface area contributed by atoms with Gasteiger partial charge in [-0.25, -0.2) is 9.24 Å². The molecule has 1 aliphatic carbocycles. The van der Waals surface area contributed by atoms with Gasteiger partial charge in [-0.2, -0.15) is 5.10 Å². The summed E-state index contributed by atoms with van der Waals surface area (Å²) in [6.07, 6.45) is 4.98. The molecule has 3 N–H and O–H groups in total. The molecule has 33 heavy (non-hydrogen) atoms. The quantitative estimate of drug-likeness (QED) is 0.410. The average Bonchev–Trinajstić information content (AvgIpc) is 3.55. The third kappa shape index (κ3) is 3.55. The van der Waals surface area contributed by atoms with Gasteiger partial charge in [-0.15, -0.1) is 0 Å². The maximum Gasteiger partial charge on any atom is 0.255 e. The minimum Gasteiger partial charge on any atom is -0.501 e. The van der Waals surface area contributed by atoms with Crippen molar-refractivity contribution < 1.29 is 9.13 Å². The van der Waals surface area contributed by atoms with Gasteiger partial charge in [0.05, 0.1) is 29.6 Å². The number of aromatic amines is 1. The van der Waals surface area contributed by atoms with Gasteiger partial charge in [-0.05, 0) is 47.6 Å². The Labute approximate surface area is 193 Å². The molecule has 2 aromatic carbocycles. The number of halogens is 2. The van der Waals surface area contributed by atoms with Crippen molar-refractivity contribution in [3.8, 4) is 28.1 Å². The zero-order valence-electron chi connectivity index (χ0n) is 17.7. The Hall–Kier alpha value is -3.67. The van der Waals surface area contributed by atoms with Crippen LogP contribution in [0.15, 0.2) is 41.5 Å². The van der Waals surface area contributed by atoms with Gasteiger partial charge in [-0.3, -0.25) is 9.48 Å². The zero-order valence-corrected chi connectivity index (χ0v) is 18.4. The predicted octanol–water partition coefficient (Wildman–Crippen LogP) is 4.94. The van der Waals surface area contributed by atoms with Crippen LogP contribution >= 0.6 is 11.6 Å². The Kier molecular flexibility index (Phi) is 5.16. The summed E-state index contributed by atoms with van der Waals surface area (Å²) in [6, 6.07) is 6.65.